The van der Waals surface area contributed by atoms with Gasteiger partial charge in [0.15, 0.2) is 11.4 Å². The summed E-state index contributed by atoms with van der Waals surface area (Å²) >= 11 is 6.14. The average Bonchev–Trinajstić information content (AvgIpc) is 2.94. The molecule has 3 aromatic rings. The first-order chi connectivity index (χ1) is 14.0. The molecule has 1 atom stereocenters. The summed E-state index contributed by atoms with van der Waals surface area (Å²) in [5.74, 6) is -0.868. The predicted molar refractivity (Wildman–Crippen MR) is 111 cm³/mol. The van der Waals surface area contributed by atoms with Crippen molar-refractivity contribution in [2.45, 2.75) is 18.4 Å². The molecule has 0 fully saturated rings. The third kappa shape index (κ3) is 3.67. The van der Waals surface area contributed by atoms with Crippen molar-refractivity contribution in [3.63, 3.8) is 0 Å². The molecule has 0 bridgehead atoms. The fourth-order valence-electron chi connectivity index (χ4n) is 3.66. The lowest BCUT2D eigenvalue weighted by molar-refractivity contribution is -0.135. The minimum atomic E-state index is -1.95. The van der Waals surface area contributed by atoms with Crippen molar-refractivity contribution in [1.82, 2.24) is 4.98 Å². The zero-order valence-electron chi connectivity index (χ0n) is 15.6. The van der Waals surface area contributed by atoms with Gasteiger partial charge in [-0.25, -0.2) is 0 Å². The first-order valence-electron chi connectivity index (χ1n) is 9.30. The third-order valence-electron chi connectivity index (χ3n) is 5.16. The lowest BCUT2D eigenvalue weighted by Gasteiger charge is -2.23. The molecule has 0 radical (unpaired) electrons. The first-order valence-corrected chi connectivity index (χ1v) is 9.68. The SMILES string of the molecule is O=C(CC1(O)C(=O)N(CCc2ccccc2)c2ccc(Cl)cc21)c1cccnc1. The van der Waals surface area contributed by atoms with Crippen molar-refractivity contribution in [1.29, 1.82) is 0 Å². The number of pyridine rings is 1. The van der Waals surface area contributed by atoms with Crippen LogP contribution in [0.2, 0.25) is 5.02 Å². The second-order valence-electron chi connectivity index (χ2n) is 7.06. The maximum atomic E-state index is 13.2. The van der Waals surface area contributed by atoms with Crippen LogP contribution in [-0.4, -0.2) is 28.3 Å². The minimum absolute atomic E-state index is 0.347. The molecular formula is C23H19ClN2O3. The van der Waals surface area contributed by atoms with E-state index in [1.807, 2.05) is 30.3 Å². The van der Waals surface area contributed by atoms with Gasteiger partial charge in [-0.3, -0.25) is 14.6 Å². The summed E-state index contributed by atoms with van der Waals surface area (Å²) in [6, 6.07) is 18.0. The number of ketones is 1. The highest BCUT2D eigenvalue weighted by molar-refractivity contribution is 6.31. The number of hydrogen-bond donors (Lipinski definition) is 1. The number of halogens is 1. The van der Waals surface area contributed by atoms with E-state index in [-0.39, 0.29) is 12.2 Å². The number of Topliss-reactive ketones (excluding diaryl/α,β-unsaturated/α-hetero) is 1. The van der Waals surface area contributed by atoms with Crippen LogP contribution in [0.4, 0.5) is 5.69 Å². The normalized spacial score (nSPS) is 18.0. The van der Waals surface area contributed by atoms with Crippen molar-refractivity contribution < 1.29 is 14.7 Å². The molecule has 4 rings (SSSR count). The standard InChI is InChI=1S/C23H19ClN2O3/c24-18-8-9-20-19(13-18)23(29,14-21(27)17-7-4-11-25-15-17)22(28)26(20)12-10-16-5-2-1-3-6-16/h1-9,11,13,15,29H,10,12,14H2. The highest BCUT2D eigenvalue weighted by atomic mass is 35.5. The van der Waals surface area contributed by atoms with E-state index in [0.29, 0.717) is 34.8 Å². The summed E-state index contributed by atoms with van der Waals surface area (Å²) in [5.41, 5.74) is 0.416. The summed E-state index contributed by atoms with van der Waals surface area (Å²) in [6.45, 7) is 0.390. The van der Waals surface area contributed by atoms with Crippen LogP contribution in [0.5, 0.6) is 0 Å². The number of aromatic nitrogens is 1. The molecule has 6 heteroatoms. The number of aliphatic hydroxyl groups is 1. The molecule has 1 aromatic heterocycles. The lowest BCUT2D eigenvalue weighted by atomic mass is 9.88. The van der Waals surface area contributed by atoms with Crippen LogP contribution in [0.3, 0.4) is 0 Å². The zero-order chi connectivity index (χ0) is 20.4. The van der Waals surface area contributed by atoms with E-state index in [2.05, 4.69) is 4.98 Å². The largest absolute Gasteiger partial charge is 0.375 e. The number of nitrogens with zero attached hydrogens (tertiary/aromatic N) is 2. The van der Waals surface area contributed by atoms with E-state index >= 15 is 0 Å². The number of carbonyl (C=O) groups excluding carboxylic acids is 2. The molecule has 5 nitrogen and oxygen atoms in total. The van der Waals surface area contributed by atoms with E-state index in [1.54, 1.807) is 36.5 Å². The van der Waals surface area contributed by atoms with Crippen molar-refractivity contribution in [2.24, 2.45) is 0 Å². The van der Waals surface area contributed by atoms with Gasteiger partial charge in [-0.1, -0.05) is 41.9 Å². The van der Waals surface area contributed by atoms with Crippen LogP contribution in [0.25, 0.3) is 0 Å². The number of anilines is 1. The van der Waals surface area contributed by atoms with Gasteiger partial charge >= 0.3 is 0 Å². The van der Waals surface area contributed by atoms with Crippen LogP contribution >= 0.6 is 11.6 Å². The first kappa shape index (κ1) is 19.3. The Morgan fingerprint density at radius 3 is 2.62 bits per heavy atom. The molecule has 1 aliphatic rings. The average molecular weight is 407 g/mol. The van der Waals surface area contributed by atoms with Gasteiger partial charge in [0, 0.05) is 35.1 Å². The summed E-state index contributed by atoms with van der Waals surface area (Å²) in [6.07, 6.45) is 3.25. The summed E-state index contributed by atoms with van der Waals surface area (Å²) in [5, 5.41) is 11.7. The molecule has 2 aromatic carbocycles. The second kappa shape index (κ2) is 7.78. The van der Waals surface area contributed by atoms with Crippen molar-refractivity contribution >= 4 is 29.0 Å². The lowest BCUT2D eigenvalue weighted by Crippen LogP contribution is -2.42. The van der Waals surface area contributed by atoms with Crippen molar-refractivity contribution in [3.8, 4) is 0 Å². The van der Waals surface area contributed by atoms with Gasteiger partial charge < -0.3 is 10.0 Å². The van der Waals surface area contributed by atoms with Gasteiger partial charge in [0.1, 0.15) is 0 Å². The van der Waals surface area contributed by atoms with Crippen molar-refractivity contribution in [3.05, 3.63) is 94.8 Å². The maximum Gasteiger partial charge on any atom is 0.264 e. The summed E-state index contributed by atoms with van der Waals surface area (Å²) < 4.78 is 0. The molecule has 0 saturated carbocycles. The van der Waals surface area contributed by atoms with E-state index in [9.17, 15) is 14.7 Å². The smallest absolute Gasteiger partial charge is 0.264 e. The molecule has 0 saturated heterocycles. The van der Waals surface area contributed by atoms with E-state index in [0.717, 1.165) is 5.56 Å². The second-order valence-corrected chi connectivity index (χ2v) is 7.49. The van der Waals surface area contributed by atoms with Crippen LogP contribution in [0.1, 0.15) is 27.9 Å². The fraction of sp³-hybridized carbons (Fsp3) is 0.174. The Kier molecular flexibility index (Phi) is 5.18. The Balaban J connectivity index is 1.65. The molecule has 1 N–H and O–H groups in total. The minimum Gasteiger partial charge on any atom is -0.375 e. The van der Waals surface area contributed by atoms with E-state index in [1.165, 1.54) is 11.1 Å². The topological polar surface area (TPSA) is 70.5 Å². The van der Waals surface area contributed by atoms with E-state index < -0.39 is 11.5 Å². The van der Waals surface area contributed by atoms with Gasteiger partial charge in [0.2, 0.25) is 0 Å². The Bertz CT molecular complexity index is 1060. The quantitative estimate of drug-likeness (QED) is 0.632. The van der Waals surface area contributed by atoms with Crippen molar-refractivity contribution in [2.75, 3.05) is 11.4 Å². The molecule has 1 amide bonds. The zero-order valence-corrected chi connectivity index (χ0v) is 16.3. The molecule has 0 spiro atoms. The van der Waals surface area contributed by atoms with Gasteiger partial charge in [0.25, 0.3) is 5.91 Å². The van der Waals surface area contributed by atoms with Crippen LogP contribution in [-0.2, 0) is 16.8 Å². The monoisotopic (exact) mass is 406 g/mol. The number of fused-ring (bicyclic) bond motifs is 1. The summed E-state index contributed by atoms with van der Waals surface area (Å²) in [7, 11) is 0. The summed E-state index contributed by atoms with van der Waals surface area (Å²) in [4.78, 5) is 31.5. The predicted octanol–water partition coefficient (Wildman–Crippen LogP) is 3.78. The molecule has 1 unspecified atom stereocenters. The Labute approximate surface area is 173 Å². The Hall–Kier alpha value is -3.02. The van der Waals surface area contributed by atoms with Gasteiger partial charge in [-0.05, 0) is 42.3 Å². The highest BCUT2D eigenvalue weighted by Crippen LogP contribution is 2.44. The highest BCUT2D eigenvalue weighted by Gasteiger charge is 2.50. The molecule has 0 aliphatic carbocycles. The molecule has 146 valence electrons. The number of hydrogen-bond acceptors (Lipinski definition) is 4. The van der Waals surface area contributed by atoms with Crippen LogP contribution < -0.4 is 4.90 Å². The number of carbonyl (C=O) groups is 2. The van der Waals surface area contributed by atoms with Crippen LogP contribution in [0, 0.1) is 0 Å². The Morgan fingerprint density at radius 2 is 1.90 bits per heavy atom. The number of benzene rings is 2. The third-order valence-corrected chi connectivity index (χ3v) is 5.40. The van der Waals surface area contributed by atoms with Gasteiger partial charge in [0.05, 0.1) is 12.1 Å². The van der Waals surface area contributed by atoms with Crippen LogP contribution in [0.15, 0.2) is 73.1 Å². The van der Waals surface area contributed by atoms with E-state index in [4.69, 9.17) is 11.6 Å². The van der Waals surface area contributed by atoms with Gasteiger partial charge in [-0.2, -0.15) is 0 Å². The maximum absolute atomic E-state index is 13.2. The Morgan fingerprint density at radius 1 is 1.10 bits per heavy atom. The fourth-order valence-corrected chi connectivity index (χ4v) is 3.84. The number of amides is 1. The molecule has 2 heterocycles. The molecule has 29 heavy (non-hydrogen) atoms. The van der Waals surface area contributed by atoms with Gasteiger partial charge in [-0.15, -0.1) is 0 Å². The molecule has 1 aliphatic heterocycles. The molecular weight excluding hydrogens is 388 g/mol. The number of rotatable bonds is 6.